The number of halogens is 3. The van der Waals surface area contributed by atoms with E-state index in [4.69, 9.17) is 4.74 Å². The Balaban J connectivity index is 2.31. The zero-order valence-electron chi connectivity index (χ0n) is 16.5. The van der Waals surface area contributed by atoms with Crippen LogP contribution in [0.3, 0.4) is 0 Å². The van der Waals surface area contributed by atoms with Crippen molar-refractivity contribution < 1.29 is 37.0 Å². The van der Waals surface area contributed by atoms with Crippen molar-refractivity contribution in [3.63, 3.8) is 0 Å². The first-order valence-corrected chi connectivity index (χ1v) is 8.94. The molecule has 30 heavy (non-hydrogen) atoms. The number of alkyl halides is 3. The Bertz CT molecular complexity index is 922. The smallest absolute Gasteiger partial charge is 0.434 e. The molecule has 162 valence electrons. The van der Waals surface area contributed by atoms with Crippen LogP contribution in [-0.2, 0) is 20.4 Å². The van der Waals surface area contributed by atoms with Gasteiger partial charge in [-0.25, -0.2) is 9.48 Å². The molecule has 2 rings (SSSR count). The molecule has 0 spiro atoms. The third kappa shape index (κ3) is 5.16. The summed E-state index contributed by atoms with van der Waals surface area (Å²) in [6, 6.07) is 5.10. The van der Waals surface area contributed by atoms with Crippen molar-refractivity contribution in [1.29, 1.82) is 0 Å². The van der Waals surface area contributed by atoms with E-state index in [1.807, 2.05) is 0 Å². The summed E-state index contributed by atoms with van der Waals surface area (Å²) in [6.45, 7) is 2.93. The fourth-order valence-electron chi connectivity index (χ4n) is 2.61. The lowest BCUT2D eigenvalue weighted by Crippen LogP contribution is -2.33. The normalized spacial score (nSPS) is 11.1. The van der Waals surface area contributed by atoms with Gasteiger partial charge in [0, 0.05) is 12.6 Å². The molecule has 0 radical (unpaired) electrons. The molecule has 1 aromatic carbocycles. The first-order chi connectivity index (χ1) is 14.1. The number of rotatable bonds is 7. The number of amides is 1. The topological polar surface area (TPSA) is 90.7 Å². The monoisotopic (exact) mass is 427 g/mol. The highest BCUT2D eigenvalue weighted by Gasteiger charge is 2.41. The van der Waals surface area contributed by atoms with Gasteiger partial charge >= 0.3 is 18.1 Å². The van der Waals surface area contributed by atoms with Gasteiger partial charge in [0.25, 0.3) is 5.91 Å². The summed E-state index contributed by atoms with van der Waals surface area (Å²) in [6.07, 6.45) is -4.08. The van der Waals surface area contributed by atoms with Gasteiger partial charge in [0.2, 0.25) is 0 Å². The van der Waals surface area contributed by atoms with Crippen molar-refractivity contribution in [1.82, 2.24) is 14.7 Å². The first kappa shape index (κ1) is 22.9. The second-order valence-electron chi connectivity index (χ2n) is 6.05. The third-order valence-electron chi connectivity index (χ3n) is 3.91. The molecule has 0 saturated heterocycles. The Morgan fingerprint density at radius 1 is 1.07 bits per heavy atom. The van der Waals surface area contributed by atoms with E-state index in [0.717, 1.165) is 11.1 Å². The lowest BCUT2D eigenvalue weighted by molar-refractivity contribution is -0.144. The van der Waals surface area contributed by atoms with E-state index in [1.165, 1.54) is 38.2 Å². The zero-order valence-corrected chi connectivity index (χ0v) is 16.5. The van der Waals surface area contributed by atoms with E-state index in [9.17, 15) is 27.6 Å². The summed E-state index contributed by atoms with van der Waals surface area (Å²) in [4.78, 5) is 36.8. The standard InChI is InChI=1S/C19H20F3N3O5/c1-4-29-15(26)11-24(3)17(27)12-6-8-13(9-7-12)25-16(19(20,21)22)14(10-23-25)18(28)30-5-2/h6-10H,4-5,11H2,1-3H3. The molecule has 1 heterocycles. The minimum atomic E-state index is -4.87. The first-order valence-electron chi connectivity index (χ1n) is 8.94. The second-order valence-corrected chi connectivity index (χ2v) is 6.05. The van der Waals surface area contributed by atoms with Gasteiger partial charge in [-0.1, -0.05) is 0 Å². The van der Waals surface area contributed by atoms with Gasteiger partial charge in [-0.3, -0.25) is 9.59 Å². The SMILES string of the molecule is CCOC(=O)CN(C)C(=O)c1ccc(-n2ncc(C(=O)OCC)c2C(F)(F)F)cc1. The van der Waals surface area contributed by atoms with Crippen molar-refractivity contribution >= 4 is 17.8 Å². The number of hydrogen-bond acceptors (Lipinski definition) is 6. The maximum absolute atomic E-state index is 13.6. The van der Waals surface area contributed by atoms with E-state index in [2.05, 4.69) is 9.84 Å². The molecule has 0 bridgehead atoms. The maximum Gasteiger partial charge on any atom is 0.434 e. The van der Waals surface area contributed by atoms with Crippen molar-refractivity contribution in [3.05, 3.63) is 47.3 Å². The van der Waals surface area contributed by atoms with E-state index in [-0.39, 0.29) is 31.0 Å². The number of likely N-dealkylation sites (N-methyl/N-ethyl adjacent to an activating group) is 1. The Kier molecular flexibility index (Phi) is 7.19. The molecule has 0 N–H and O–H groups in total. The Labute approximate surface area is 170 Å². The van der Waals surface area contributed by atoms with E-state index < -0.39 is 35.3 Å². The number of benzene rings is 1. The number of carbonyl (C=O) groups excluding carboxylic acids is 3. The molecule has 0 aliphatic heterocycles. The molecule has 11 heteroatoms. The molecule has 0 atom stereocenters. The largest absolute Gasteiger partial charge is 0.465 e. The average molecular weight is 427 g/mol. The molecule has 1 amide bonds. The van der Waals surface area contributed by atoms with Crippen LogP contribution in [0.25, 0.3) is 5.69 Å². The number of ether oxygens (including phenoxy) is 2. The number of esters is 2. The fourth-order valence-corrected chi connectivity index (χ4v) is 2.61. The molecule has 0 saturated carbocycles. The van der Waals surface area contributed by atoms with E-state index in [0.29, 0.717) is 4.68 Å². The second kappa shape index (κ2) is 9.42. The molecule has 0 unspecified atom stereocenters. The highest BCUT2D eigenvalue weighted by atomic mass is 19.4. The molecule has 2 aromatic rings. The minimum absolute atomic E-state index is 0.0116. The molecule has 8 nitrogen and oxygen atoms in total. The molecular formula is C19H20F3N3O5. The van der Waals surface area contributed by atoms with Crippen LogP contribution in [0, 0.1) is 0 Å². The molecular weight excluding hydrogens is 407 g/mol. The van der Waals surface area contributed by atoms with Gasteiger partial charge in [0.15, 0.2) is 5.69 Å². The third-order valence-corrected chi connectivity index (χ3v) is 3.91. The van der Waals surface area contributed by atoms with Gasteiger partial charge in [-0.15, -0.1) is 0 Å². The Morgan fingerprint density at radius 2 is 1.67 bits per heavy atom. The summed E-state index contributed by atoms with van der Waals surface area (Å²) in [5.74, 6) is -2.23. The van der Waals surface area contributed by atoms with Crippen molar-refractivity contribution in [3.8, 4) is 5.69 Å². The molecule has 0 fully saturated rings. The summed E-state index contributed by atoms with van der Waals surface area (Å²) in [7, 11) is 1.40. The summed E-state index contributed by atoms with van der Waals surface area (Å²) in [5, 5.41) is 3.66. The minimum Gasteiger partial charge on any atom is -0.465 e. The summed E-state index contributed by atoms with van der Waals surface area (Å²) >= 11 is 0. The lowest BCUT2D eigenvalue weighted by Gasteiger charge is -2.16. The van der Waals surface area contributed by atoms with Gasteiger partial charge in [0.1, 0.15) is 12.1 Å². The molecule has 1 aromatic heterocycles. The van der Waals surface area contributed by atoms with Crippen molar-refractivity contribution in [2.24, 2.45) is 0 Å². The van der Waals surface area contributed by atoms with Gasteiger partial charge < -0.3 is 14.4 Å². The fraction of sp³-hybridized carbons (Fsp3) is 0.368. The van der Waals surface area contributed by atoms with Crippen LogP contribution in [-0.4, -0.2) is 59.3 Å². The Morgan fingerprint density at radius 3 is 2.20 bits per heavy atom. The average Bonchev–Trinajstić information content (AvgIpc) is 3.13. The van der Waals surface area contributed by atoms with Crippen LogP contribution in [0.5, 0.6) is 0 Å². The Hall–Kier alpha value is -3.37. The van der Waals surface area contributed by atoms with Crippen LogP contribution in [0.2, 0.25) is 0 Å². The maximum atomic E-state index is 13.6. The molecule has 0 aliphatic rings. The number of carbonyl (C=O) groups is 3. The van der Waals surface area contributed by atoms with Crippen molar-refractivity contribution in [2.75, 3.05) is 26.8 Å². The number of aromatic nitrogens is 2. The predicted molar refractivity (Wildman–Crippen MR) is 98.1 cm³/mol. The highest BCUT2D eigenvalue weighted by Crippen LogP contribution is 2.34. The van der Waals surface area contributed by atoms with Gasteiger partial charge in [-0.05, 0) is 38.1 Å². The van der Waals surface area contributed by atoms with Crippen molar-refractivity contribution in [2.45, 2.75) is 20.0 Å². The van der Waals surface area contributed by atoms with Crippen LogP contribution < -0.4 is 0 Å². The van der Waals surface area contributed by atoms with Gasteiger partial charge in [-0.2, -0.15) is 18.3 Å². The van der Waals surface area contributed by atoms with Crippen LogP contribution in [0.1, 0.15) is 40.3 Å². The number of hydrogen-bond donors (Lipinski definition) is 0. The molecule has 0 aliphatic carbocycles. The lowest BCUT2D eigenvalue weighted by atomic mass is 10.1. The van der Waals surface area contributed by atoms with Crippen LogP contribution >= 0.6 is 0 Å². The van der Waals surface area contributed by atoms with Crippen LogP contribution in [0.4, 0.5) is 13.2 Å². The highest BCUT2D eigenvalue weighted by molar-refractivity contribution is 5.96. The summed E-state index contributed by atoms with van der Waals surface area (Å²) < 4.78 is 50.6. The van der Waals surface area contributed by atoms with E-state index in [1.54, 1.807) is 6.92 Å². The van der Waals surface area contributed by atoms with Crippen LogP contribution in [0.15, 0.2) is 30.5 Å². The predicted octanol–water partition coefficient (Wildman–Crippen LogP) is 2.70. The van der Waals surface area contributed by atoms with E-state index >= 15 is 0 Å². The summed E-state index contributed by atoms with van der Waals surface area (Å²) in [5.41, 5.74) is -1.85. The van der Waals surface area contributed by atoms with Gasteiger partial charge in [0.05, 0.1) is 25.1 Å². The quantitative estimate of drug-likeness (QED) is 0.631. The zero-order chi connectivity index (χ0) is 22.5. The number of nitrogens with zero attached hydrogens (tertiary/aromatic N) is 3.